The van der Waals surface area contributed by atoms with Crippen molar-refractivity contribution in [1.29, 1.82) is 0 Å². The van der Waals surface area contributed by atoms with E-state index >= 15 is 0 Å². The van der Waals surface area contributed by atoms with Crippen molar-refractivity contribution in [3.05, 3.63) is 12.2 Å². The lowest BCUT2D eigenvalue weighted by Gasteiger charge is -2.09. The summed E-state index contributed by atoms with van der Waals surface area (Å²) in [5.74, 6) is 1.15. The van der Waals surface area contributed by atoms with Crippen LogP contribution in [-0.2, 0) is 19.0 Å². The Morgan fingerprint density at radius 3 is 1.92 bits per heavy atom. The van der Waals surface area contributed by atoms with E-state index in [4.69, 9.17) is 14.2 Å². The second kappa shape index (κ2) is 16.6. The molecule has 0 aliphatic rings. The first-order chi connectivity index (χ1) is 11.9. The number of unbranched alkanes of at least 4 members (excludes halogenated alkanes) is 4. The summed E-state index contributed by atoms with van der Waals surface area (Å²) < 4.78 is 15.9. The second-order valence-corrected chi connectivity index (χ2v) is 7.60. The monoisotopic (exact) mass is 356 g/mol. The van der Waals surface area contributed by atoms with Crippen LogP contribution in [0.25, 0.3) is 0 Å². The van der Waals surface area contributed by atoms with Gasteiger partial charge in [0.05, 0.1) is 18.8 Å². The lowest BCUT2D eigenvalue weighted by molar-refractivity contribution is -0.140. The number of esters is 1. The van der Waals surface area contributed by atoms with Crippen LogP contribution in [0, 0.1) is 11.8 Å². The molecular formula is C21H40O4. The third-order valence-corrected chi connectivity index (χ3v) is 3.96. The minimum absolute atomic E-state index is 0.166. The molecule has 148 valence electrons. The Hall–Kier alpha value is -0.870. The molecule has 0 radical (unpaired) electrons. The van der Waals surface area contributed by atoms with E-state index in [1.807, 2.05) is 0 Å². The van der Waals surface area contributed by atoms with E-state index in [2.05, 4.69) is 34.3 Å². The van der Waals surface area contributed by atoms with E-state index in [1.165, 1.54) is 32.1 Å². The van der Waals surface area contributed by atoms with Gasteiger partial charge in [0.1, 0.15) is 6.79 Å². The summed E-state index contributed by atoms with van der Waals surface area (Å²) >= 11 is 0. The zero-order valence-corrected chi connectivity index (χ0v) is 17.0. The maximum absolute atomic E-state index is 11.7. The van der Waals surface area contributed by atoms with E-state index in [1.54, 1.807) is 0 Å². The zero-order chi connectivity index (χ0) is 18.9. The fourth-order valence-corrected chi connectivity index (χ4v) is 2.37. The van der Waals surface area contributed by atoms with E-state index in [0.29, 0.717) is 18.8 Å². The van der Waals surface area contributed by atoms with Gasteiger partial charge in [0.15, 0.2) is 0 Å². The molecule has 0 saturated heterocycles. The first-order valence-electron chi connectivity index (χ1n) is 9.93. The number of hydrogen-bond acceptors (Lipinski definition) is 4. The Bertz CT molecular complexity index is 337. The summed E-state index contributed by atoms with van der Waals surface area (Å²) in [7, 11) is 0. The van der Waals surface area contributed by atoms with Crippen molar-refractivity contribution in [2.45, 2.75) is 79.1 Å². The molecule has 0 atom stereocenters. The number of carbonyl (C=O) groups excluding carboxylic acids is 1. The molecule has 25 heavy (non-hydrogen) atoms. The largest absolute Gasteiger partial charge is 0.462 e. The molecule has 0 heterocycles. The third-order valence-electron chi connectivity index (χ3n) is 3.96. The van der Waals surface area contributed by atoms with Crippen molar-refractivity contribution in [3.8, 4) is 0 Å². The van der Waals surface area contributed by atoms with Gasteiger partial charge in [0, 0.05) is 6.61 Å². The zero-order valence-electron chi connectivity index (χ0n) is 17.0. The molecule has 0 aliphatic heterocycles. The van der Waals surface area contributed by atoms with Crippen molar-refractivity contribution in [3.63, 3.8) is 0 Å². The molecule has 0 bridgehead atoms. The lowest BCUT2D eigenvalue weighted by Crippen LogP contribution is -2.14. The molecule has 0 rings (SSSR count). The normalized spacial score (nSPS) is 11.3. The minimum Gasteiger partial charge on any atom is -0.462 e. The third kappa shape index (κ3) is 17.7. The Morgan fingerprint density at radius 2 is 1.36 bits per heavy atom. The average Bonchev–Trinajstić information content (AvgIpc) is 2.55. The molecule has 0 aromatic rings. The Kier molecular flexibility index (Phi) is 16.0. The van der Waals surface area contributed by atoms with E-state index in [0.717, 1.165) is 31.1 Å². The van der Waals surface area contributed by atoms with E-state index in [-0.39, 0.29) is 19.4 Å². The van der Waals surface area contributed by atoms with Crippen LogP contribution in [0.4, 0.5) is 0 Å². The van der Waals surface area contributed by atoms with E-state index < -0.39 is 0 Å². The van der Waals surface area contributed by atoms with E-state index in [9.17, 15) is 4.79 Å². The second-order valence-electron chi connectivity index (χ2n) is 7.60. The van der Waals surface area contributed by atoms with Gasteiger partial charge in [-0.2, -0.15) is 0 Å². The van der Waals surface area contributed by atoms with Crippen LogP contribution in [0.5, 0.6) is 0 Å². The fourth-order valence-electron chi connectivity index (χ4n) is 2.37. The molecule has 0 unspecified atom stereocenters. The van der Waals surface area contributed by atoms with Crippen LogP contribution in [0.1, 0.15) is 79.1 Å². The van der Waals surface area contributed by atoms with Crippen LogP contribution >= 0.6 is 0 Å². The summed E-state index contributed by atoms with van der Waals surface area (Å²) in [4.78, 5) is 11.7. The topological polar surface area (TPSA) is 44.8 Å². The quantitative estimate of drug-likeness (QED) is 0.149. The smallest absolute Gasteiger partial charge is 0.335 e. The van der Waals surface area contributed by atoms with Crippen LogP contribution in [0.3, 0.4) is 0 Å². The molecule has 0 N–H and O–H groups in total. The first kappa shape index (κ1) is 24.1. The van der Waals surface area contributed by atoms with Gasteiger partial charge in [-0.15, -0.1) is 0 Å². The Labute approximate surface area is 155 Å². The number of rotatable bonds is 17. The van der Waals surface area contributed by atoms with Crippen LogP contribution in [0.15, 0.2) is 12.2 Å². The molecule has 0 aromatic carbocycles. The standard InChI is InChI=1S/C21H40O4/c1-18(2)12-8-6-10-14-23-17-24-16-20(5)21(22)25-15-11-7-9-13-19(3)4/h18-19H,5-17H2,1-4H3. The van der Waals surface area contributed by atoms with Gasteiger partial charge in [-0.3, -0.25) is 0 Å². The number of ether oxygens (including phenoxy) is 3. The fraction of sp³-hybridized carbons (Fsp3) is 0.857. The summed E-state index contributed by atoms with van der Waals surface area (Å²) in [6.07, 6.45) is 9.19. The van der Waals surface area contributed by atoms with Gasteiger partial charge < -0.3 is 14.2 Å². The van der Waals surface area contributed by atoms with Crippen molar-refractivity contribution in [1.82, 2.24) is 0 Å². The highest BCUT2D eigenvalue weighted by Gasteiger charge is 2.08. The maximum Gasteiger partial charge on any atom is 0.335 e. The molecule has 4 nitrogen and oxygen atoms in total. The number of carbonyl (C=O) groups is 1. The molecule has 0 saturated carbocycles. The number of hydrogen-bond donors (Lipinski definition) is 0. The predicted octanol–water partition coefficient (Wildman–Crippen LogP) is 5.51. The summed E-state index contributed by atoms with van der Waals surface area (Å²) in [6.45, 7) is 14.2. The molecule has 0 aliphatic carbocycles. The highest BCUT2D eigenvalue weighted by atomic mass is 16.7. The lowest BCUT2D eigenvalue weighted by atomic mass is 10.1. The molecule has 0 amide bonds. The summed E-state index contributed by atoms with van der Waals surface area (Å²) in [5, 5.41) is 0. The minimum atomic E-state index is -0.363. The highest BCUT2D eigenvalue weighted by molar-refractivity contribution is 5.87. The highest BCUT2D eigenvalue weighted by Crippen LogP contribution is 2.09. The van der Waals surface area contributed by atoms with Gasteiger partial charge in [-0.1, -0.05) is 72.8 Å². The molecular weight excluding hydrogens is 316 g/mol. The van der Waals surface area contributed by atoms with Crippen molar-refractivity contribution in [2.24, 2.45) is 11.8 Å². The van der Waals surface area contributed by atoms with Crippen LogP contribution in [0.2, 0.25) is 0 Å². The van der Waals surface area contributed by atoms with Gasteiger partial charge in [-0.05, 0) is 24.7 Å². The van der Waals surface area contributed by atoms with Crippen molar-refractivity contribution < 1.29 is 19.0 Å². The van der Waals surface area contributed by atoms with Crippen molar-refractivity contribution >= 4 is 5.97 Å². The first-order valence-corrected chi connectivity index (χ1v) is 9.93. The van der Waals surface area contributed by atoms with Gasteiger partial charge >= 0.3 is 5.97 Å². The molecule has 0 fully saturated rings. The van der Waals surface area contributed by atoms with Gasteiger partial charge in [0.2, 0.25) is 0 Å². The van der Waals surface area contributed by atoms with Crippen LogP contribution < -0.4 is 0 Å². The SMILES string of the molecule is C=C(COCOCCCCCC(C)C)C(=O)OCCCCCC(C)C. The predicted molar refractivity (Wildman–Crippen MR) is 103 cm³/mol. The van der Waals surface area contributed by atoms with Crippen LogP contribution in [-0.4, -0.2) is 32.6 Å². The van der Waals surface area contributed by atoms with Gasteiger partial charge in [0.25, 0.3) is 0 Å². The Balaban J connectivity index is 3.40. The summed E-state index contributed by atoms with van der Waals surface area (Å²) in [5.41, 5.74) is 0.350. The van der Waals surface area contributed by atoms with Crippen molar-refractivity contribution in [2.75, 3.05) is 26.6 Å². The maximum atomic E-state index is 11.7. The summed E-state index contributed by atoms with van der Waals surface area (Å²) in [6, 6.07) is 0. The molecule has 0 aromatic heterocycles. The molecule has 4 heteroatoms. The Morgan fingerprint density at radius 1 is 0.800 bits per heavy atom. The average molecular weight is 357 g/mol. The van der Waals surface area contributed by atoms with Gasteiger partial charge in [-0.25, -0.2) is 4.79 Å². The molecule has 0 spiro atoms.